The van der Waals surface area contributed by atoms with Crippen LogP contribution in [0.3, 0.4) is 0 Å². The first-order chi connectivity index (χ1) is 6.94. The van der Waals surface area contributed by atoms with Crippen molar-refractivity contribution < 1.29 is 9.90 Å². The molecule has 1 atom stereocenters. The van der Waals surface area contributed by atoms with Crippen molar-refractivity contribution >= 4 is 5.91 Å². The predicted octanol–water partition coefficient (Wildman–Crippen LogP) is 0.0859. The van der Waals surface area contributed by atoms with Crippen LogP contribution >= 0.6 is 0 Å². The van der Waals surface area contributed by atoms with Crippen molar-refractivity contribution in [3.8, 4) is 0 Å². The summed E-state index contributed by atoms with van der Waals surface area (Å²) in [5.41, 5.74) is -0.107. The molecule has 0 aromatic rings. The quantitative estimate of drug-likeness (QED) is 0.674. The second-order valence-corrected chi connectivity index (χ2v) is 4.63. The van der Waals surface area contributed by atoms with Gasteiger partial charge in [-0.25, -0.2) is 0 Å². The Balaban J connectivity index is 2.89. The maximum absolute atomic E-state index is 11.9. The van der Waals surface area contributed by atoms with Crippen LogP contribution in [0.1, 0.15) is 13.8 Å². The number of piperazine rings is 1. The molecule has 0 saturated carbocycles. The number of aliphatic hydroxyl groups is 1. The molecule has 0 aromatic heterocycles. The number of likely N-dealkylation sites (N-methyl/N-ethyl adjacent to an activating group) is 1. The highest BCUT2D eigenvalue weighted by Crippen LogP contribution is 2.23. The number of hydrogen-bond donors (Lipinski definition) is 1. The number of nitrogens with zero attached hydrogens (tertiary/aromatic N) is 2. The standard InChI is InChI=1S/C11H20N2O2/c1-5-6-13-8-11(2,3)12(4)9(7-14)10(13)15/h5,9,14H,1,6-8H2,2-4H3. The lowest BCUT2D eigenvalue weighted by atomic mass is 9.95. The minimum Gasteiger partial charge on any atom is -0.394 e. The summed E-state index contributed by atoms with van der Waals surface area (Å²) in [6.07, 6.45) is 1.72. The number of rotatable bonds is 3. The van der Waals surface area contributed by atoms with E-state index in [1.165, 1.54) is 0 Å². The molecule has 1 fully saturated rings. The molecule has 1 unspecified atom stereocenters. The van der Waals surface area contributed by atoms with Crippen molar-refractivity contribution in [3.05, 3.63) is 12.7 Å². The predicted molar refractivity (Wildman–Crippen MR) is 59.5 cm³/mol. The maximum Gasteiger partial charge on any atom is 0.242 e. The van der Waals surface area contributed by atoms with Crippen molar-refractivity contribution in [1.29, 1.82) is 0 Å². The Morgan fingerprint density at radius 2 is 2.27 bits per heavy atom. The minimum atomic E-state index is -0.423. The van der Waals surface area contributed by atoms with E-state index >= 15 is 0 Å². The van der Waals surface area contributed by atoms with Gasteiger partial charge in [-0.3, -0.25) is 9.69 Å². The van der Waals surface area contributed by atoms with Crippen LogP contribution in [0.5, 0.6) is 0 Å². The van der Waals surface area contributed by atoms with E-state index < -0.39 is 6.04 Å². The van der Waals surface area contributed by atoms with E-state index in [0.717, 1.165) is 0 Å². The molecule has 1 aliphatic rings. The number of amides is 1. The van der Waals surface area contributed by atoms with Crippen LogP contribution in [0, 0.1) is 0 Å². The summed E-state index contributed by atoms with van der Waals surface area (Å²) < 4.78 is 0. The molecule has 0 radical (unpaired) electrons. The first-order valence-electron chi connectivity index (χ1n) is 5.17. The van der Waals surface area contributed by atoms with Gasteiger partial charge < -0.3 is 10.0 Å². The van der Waals surface area contributed by atoms with Crippen molar-refractivity contribution in [2.75, 3.05) is 26.7 Å². The van der Waals surface area contributed by atoms with Gasteiger partial charge in [0.2, 0.25) is 5.91 Å². The van der Waals surface area contributed by atoms with Gasteiger partial charge in [0, 0.05) is 18.6 Å². The lowest BCUT2D eigenvalue weighted by Gasteiger charge is -2.48. The van der Waals surface area contributed by atoms with Gasteiger partial charge in [-0.1, -0.05) is 6.08 Å². The molecule has 4 heteroatoms. The zero-order chi connectivity index (χ0) is 11.6. The summed E-state index contributed by atoms with van der Waals surface area (Å²) in [4.78, 5) is 15.6. The molecule has 15 heavy (non-hydrogen) atoms. The van der Waals surface area contributed by atoms with Crippen LogP contribution in [0.25, 0.3) is 0 Å². The Morgan fingerprint density at radius 3 is 2.73 bits per heavy atom. The SMILES string of the molecule is C=CCN1CC(C)(C)N(C)C(CO)C1=O. The van der Waals surface area contributed by atoms with Gasteiger partial charge in [-0.2, -0.15) is 0 Å². The van der Waals surface area contributed by atoms with Crippen LogP contribution in [0.2, 0.25) is 0 Å². The normalized spacial score (nSPS) is 26.8. The highest BCUT2D eigenvalue weighted by atomic mass is 16.3. The molecule has 1 saturated heterocycles. The van der Waals surface area contributed by atoms with Gasteiger partial charge >= 0.3 is 0 Å². The van der Waals surface area contributed by atoms with E-state index in [0.29, 0.717) is 13.1 Å². The Hall–Kier alpha value is -0.870. The third kappa shape index (κ3) is 2.21. The molecule has 0 aromatic carbocycles. The van der Waals surface area contributed by atoms with Crippen LogP contribution < -0.4 is 0 Å². The molecule has 1 rings (SSSR count). The van der Waals surface area contributed by atoms with E-state index in [9.17, 15) is 9.90 Å². The Kier molecular flexibility index (Phi) is 3.52. The van der Waals surface area contributed by atoms with Crippen LogP contribution in [0.15, 0.2) is 12.7 Å². The fourth-order valence-corrected chi connectivity index (χ4v) is 1.97. The second-order valence-electron chi connectivity index (χ2n) is 4.63. The zero-order valence-electron chi connectivity index (χ0n) is 9.73. The average molecular weight is 212 g/mol. The molecule has 0 spiro atoms. The molecule has 4 nitrogen and oxygen atoms in total. The third-order valence-corrected chi connectivity index (χ3v) is 3.12. The highest BCUT2D eigenvalue weighted by molar-refractivity contribution is 5.83. The maximum atomic E-state index is 11.9. The summed E-state index contributed by atoms with van der Waals surface area (Å²) in [6.45, 7) is 8.86. The molecular formula is C11H20N2O2. The van der Waals surface area contributed by atoms with Crippen LogP contribution in [-0.4, -0.2) is 59.1 Å². The second kappa shape index (κ2) is 4.33. The Bertz CT molecular complexity index is 263. The fraction of sp³-hybridized carbons (Fsp3) is 0.727. The van der Waals surface area contributed by atoms with Gasteiger partial charge in [0.15, 0.2) is 0 Å². The minimum absolute atomic E-state index is 0.0146. The molecule has 86 valence electrons. The number of aliphatic hydroxyl groups excluding tert-OH is 1. The van der Waals surface area contributed by atoms with Gasteiger partial charge in [-0.05, 0) is 20.9 Å². The molecule has 0 aliphatic carbocycles. The molecule has 1 aliphatic heterocycles. The Labute approximate surface area is 91.2 Å². The van der Waals surface area contributed by atoms with Gasteiger partial charge in [0.25, 0.3) is 0 Å². The van der Waals surface area contributed by atoms with E-state index in [4.69, 9.17) is 0 Å². The smallest absolute Gasteiger partial charge is 0.242 e. The molecule has 1 N–H and O–H groups in total. The molecule has 1 heterocycles. The first-order valence-corrected chi connectivity index (χ1v) is 5.17. The summed E-state index contributed by atoms with van der Waals surface area (Å²) in [5.74, 6) is -0.0146. The number of carbonyl (C=O) groups excluding carboxylic acids is 1. The summed E-state index contributed by atoms with van der Waals surface area (Å²) >= 11 is 0. The number of carbonyl (C=O) groups is 1. The largest absolute Gasteiger partial charge is 0.394 e. The monoisotopic (exact) mass is 212 g/mol. The average Bonchev–Trinajstić information content (AvgIpc) is 2.16. The van der Waals surface area contributed by atoms with Gasteiger partial charge in [0.1, 0.15) is 6.04 Å². The lowest BCUT2D eigenvalue weighted by Crippen LogP contribution is -2.66. The van der Waals surface area contributed by atoms with Crippen LogP contribution in [-0.2, 0) is 4.79 Å². The summed E-state index contributed by atoms with van der Waals surface area (Å²) in [5, 5.41) is 9.24. The van der Waals surface area contributed by atoms with Crippen molar-refractivity contribution in [3.63, 3.8) is 0 Å². The summed E-state index contributed by atoms with van der Waals surface area (Å²) in [6, 6.07) is -0.423. The van der Waals surface area contributed by atoms with Crippen molar-refractivity contribution in [2.24, 2.45) is 0 Å². The van der Waals surface area contributed by atoms with Crippen LogP contribution in [0.4, 0.5) is 0 Å². The zero-order valence-corrected chi connectivity index (χ0v) is 9.73. The molecular weight excluding hydrogens is 192 g/mol. The van der Waals surface area contributed by atoms with Gasteiger partial charge in [0.05, 0.1) is 6.61 Å². The topological polar surface area (TPSA) is 43.8 Å². The van der Waals surface area contributed by atoms with Crippen molar-refractivity contribution in [2.45, 2.75) is 25.4 Å². The Morgan fingerprint density at radius 1 is 1.67 bits per heavy atom. The lowest BCUT2D eigenvalue weighted by molar-refractivity contribution is -0.149. The number of hydrogen-bond acceptors (Lipinski definition) is 3. The van der Waals surface area contributed by atoms with Crippen molar-refractivity contribution in [1.82, 2.24) is 9.80 Å². The van der Waals surface area contributed by atoms with E-state index in [1.54, 1.807) is 11.0 Å². The fourth-order valence-electron chi connectivity index (χ4n) is 1.97. The summed E-state index contributed by atoms with van der Waals surface area (Å²) in [7, 11) is 1.88. The van der Waals surface area contributed by atoms with E-state index in [2.05, 4.69) is 20.4 Å². The third-order valence-electron chi connectivity index (χ3n) is 3.12. The molecule has 1 amide bonds. The highest BCUT2D eigenvalue weighted by Gasteiger charge is 2.42. The van der Waals surface area contributed by atoms with E-state index in [-0.39, 0.29) is 18.1 Å². The first kappa shape index (κ1) is 12.2. The molecule has 0 bridgehead atoms. The van der Waals surface area contributed by atoms with Gasteiger partial charge in [-0.15, -0.1) is 6.58 Å². The van der Waals surface area contributed by atoms with E-state index in [1.807, 2.05) is 11.9 Å².